The molecule has 86 valence electrons. The highest BCUT2D eigenvalue weighted by molar-refractivity contribution is 6.32. The second-order valence-electron chi connectivity index (χ2n) is 3.08. The van der Waals surface area contributed by atoms with E-state index in [1.807, 2.05) is 0 Å². The monoisotopic (exact) mass is 245 g/mol. The standard InChI is InChI=1S/C9H8ClNO5/c10-6-2-1-5(3-7(6)11(15)16)8(12)4-9(13)14/h1-3,8,12H,4H2,(H,13,14). The zero-order chi connectivity index (χ0) is 12.3. The van der Waals surface area contributed by atoms with Crippen molar-refractivity contribution in [2.45, 2.75) is 12.5 Å². The molecule has 0 bridgehead atoms. The minimum Gasteiger partial charge on any atom is -0.481 e. The molecule has 1 aromatic carbocycles. The molecule has 1 rings (SSSR count). The molecule has 7 heteroatoms. The van der Waals surface area contributed by atoms with E-state index >= 15 is 0 Å². The van der Waals surface area contributed by atoms with Crippen LogP contribution < -0.4 is 0 Å². The van der Waals surface area contributed by atoms with Crippen LogP contribution in [0, 0.1) is 10.1 Å². The Morgan fingerprint density at radius 1 is 1.56 bits per heavy atom. The average molecular weight is 246 g/mol. The lowest BCUT2D eigenvalue weighted by atomic mass is 10.1. The second-order valence-corrected chi connectivity index (χ2v) is 3.49. The molecular weight excluding hydrogens is 238 g/mol. The van der Waals surface area contributed by atoms with Gasteiger partial charge in [0.15, 0.2) is 0 Å². The molecule has 0 aliphatic heterocycles. The lowest BCUT2D eigenvalue weighted by Crippen LogP contribution is -2.05. The van der Waals surface area contributed by atoms with Crippen molar-refractivity contribution in [1.82, 2.24) is 0 Å². The van der Waals surface area contributed by atoms with E-state index in [2.05, 4.69) is 0 Å². The predicted octanol–water partition coefficient (Wildman–Crippen LogP) is 1.76. The Morgan fingerprint density at radius 2 is 2.19 bits per heavy atom. The smallest absolute Gasteiger partial charge is 0.306 e. The number of nitro benzene ring substituents is 1. The molecule has 0 fully saturated rings. The van der Waals surface area contributed by atoms with E-state index in [-0.39, 0.29) is 16.3 Å². The van der Waals surface area contributed by atoms with Gasteiger partial charge in [-0.05, 0) is 11.6 Å². The fourth-order valence-corrected chi connectivity index (χ4v) is 1.35. The topological polar surface area (TPSA) is 101 Å². The summed E-state index contributed by atoms with van der Waals surface area (Å²) < 4.78 is 0. The van der Waals surface area contributed by atoms with Gasteiger partial charge in [-0.15, -0.1) is 0 Å². The van der Waals surface area contributed by atoms with Gasteiger partial charge in [0.05, 0.1) is 17.4 Å². The largest absolute Gasteiger partial charge is 0.481 e. The van der Waals surface area contributed by atoms with Crippen molar-refractivity contribution in [1.29, 1.82) is 0 Å². The van der Waals surface area contributed by atoms with Gasteiger partial charge in [-0.1, -0.05) is 17.7 Å². The maximum absolute atomic E-state index is 10.5. The minimum absolute atomic E-state index is 0.0590. The van der Waals surface area contributed by atoms with Gasteiger partial charge in [0.1, 0.15) is 5.02 Å². The SMILES string of the molecule is O=C(O)CC(O)c1ccc(Cl)c([N+](=O)[O-])c1. The number of aliphatic hydroxyl groups excluding tert-OH is 1. The third kappa shape index (κ3) is 2.91. The number of carbonyl (C=O) groups is 1. The maximum Gasteiger partial charge on any atom is 0.306 e. The molecule has 1 atom stereocenters. The fraction of sp³-hybridized carbons (Fsp3) is 0.222. The van der Waals surface area contributed by atoms with E-state index in [0.717, 1.165) is 6.07 Å². The second kappa shape index (κ2) is 4.91. The molecule has 0 spiro atoms. The number of hydrogen-bond donors (Lipinski definition) is 2. The Kier molecular flexibility index (Phi) is 3.81. The van der Waals surface area contributed by atoms with Crippen LogP contribution in [-0.2, 0) is 4.79 Å². The predicted molar refractivity (Wildman–Crippen MR) is 55.3 cm³/mol. The van der Waals surface area contributed by atoms with E-state index < -0.39 is 23.4 Å². The van der Waals surface area contributed by atoms with Crippen LogP contribution in [0.3, 0.4) is 0 Å². The number of aliphatic carboxylic acids is 1. The maximum atomic E-state index is 10.5. The number of nitro groups is 1. The van der Waals surface area contributed by atoms with E-state index in [1.54, 1.807) is 0 Å². The molecule has 0 aliphatic rings. The summed E-state index contributed by atoms with van der Waals surface area (Å²) in [6.07, 6.45) is -1.80. The van der Waals surface area contributed by atoms with Gasteiger partial charge in [-0.3, -0.25) is 14.9 Å². The highest BCUT2D eigenvalue weighted by atomic mass is 35.5. The highest BCUT2D eigenvalue weighted by Crippen LogP contribution is 2.28. The van der Waals surface area contributed by atoms with Crippen molar-refractivity contribution < 1.29 is 19.9 Å². The molecule has 0 aromatic heterocycles. The molecule has 0 radical (unpaired) electrons. The molecule has 1 aromatic rings. The van der Waals surface area contributed by atoms with Crippen LogP contribution in [0.2, 0.25) is 5.02 Å². The van der Waals surface area contributed by atoms with Crippen LogP contribution >= 0.6 is 11.6 Å². The number of carboxylic acids is 1. The molecule has 2 N–H and O–H groups in total. The molecule has 0 heterocycles. The first-order chi connectivity index (χ1) is 7.41. The fourth-order valence-electron chi connectivity index (χ4n) is 1.16. The molecule has 6 nitrogen and oxygen atoms in total. The van der Waals surface area contributed by atoms with Crippen molar-refractivity contribution in [3.63, 3.8) is 0 Å². The van der Waals surface area contributed by atoms with Gasteiger partial charge in [-0.2, -0.15) is 0 Å². The molecule has 1 unspecified atom stereocenters. The molecule has 0 saturated carbocycles. The first-order valence-electron chi connectivity index (χ1n) is 4.25. The van der Waals surface area contributed by atoms with Crippen molar-refractivity contribution in [2.24, 2.45) is 0 Å². The van der Waals surface area contributed by atoms with Gasteiger partial charge in [0.25, 0.3) is 5.69 Å². The summed E-state index contributed by atoms with van der Waals surface area (Å²) in [7, 11) is 0. The summed E-state index contributed by atoms with van der Waals surface area (Å²) >= 11 is 5.56. The Morgan fingerprint density at radius 3 is 2.69 bits per heavy atom. The number of aliphatic hydroxyl groups is 1. The molecule has 16 heavy (non-hydrogen) atoms. The van der Waals surface area contributed by atoms with Gasteiger partial charge in [0, 0.05) is 6.07 Å². The van der Waals surface area contributed by atoms with Crippen molar-refractivity contribution in [2.75, 3.05) is 0 Å². The lowest BCUT2D eigenvalue weighted by Gasteiger charge is -2.08. The first-order valence-corrected chi connectivity index (χ1v) is 4.63. The van der Waals surface area contributed by atoms with E-state index in [9.17, 15) is 20.0 Å². The number of hydrogen-bond acceptors (Lipinski definition) is 4. The average Bonchev–Trinajstić information content (AvgIpc) is 2.16. The third-order valence-electron chi connectivity index (χ3n) is 1.92. The van der Waals surface area contributed by atoms with Crippen LogP contribution in [-0.4, -0.2) is 21.1 Å². The minimum atomic E-state index is -1.28. The number of halogens is 1. The Labute approximate surface area is 95.2 Å². The van der Waals surface area contributed by atoms with Gasteiger partial charge in [0.2, 0.25) is 0 Å². The molecule has 0 saturated heterocycles. The summed E-state index contributed by atoms with van der Waals surface area (Å²) in [5.74, 6) is -1.19. The first kappa shape index (κ1) is 12.4. The van der Waals surface area contributed by atoms with E-state index in [4.69, 9.17) is 16.7 Å². The summed E-state index contributed by atoms with van der Waals surface area (Å²) in [4.78, 5) is 20.2. The normalized spacial score (nSPS) is 12.1. The van der Waals surface area contributed by atoms with Gasteiger partial charge < -0.3 is 10.2 Å². The third-order valence-corrected chi connectivity index (χ3v) is 2.24. The van der Waals surface area contributed by atoms with Crippen molar-refractivity contribution in [3.05, 3.63) is 38.9 Å². The Bertz CT molecular complexity index is 434. The molecule has 0 amide bonds. The number of benzene rings is 1. The Balaban J connectivity index is 3.02. The zero-order valence-corrected chi connectivity index (χ0v) is 8.72. The van der Waals surface area contributed by atoms with Crippen LogP contribution in [0.5, 0.6) is 0 Å². The summed E-state index contributed by atoms with van der Waals surface area (Å²) in [5.41, 5.74) is -0.206. The van der Waals surface area contributed by atoms with Gasteiger partial charge in [-0.25, -0.2) is 0 Å². The highest BCUT2D eigenvalue weighted by Gasteiger charge is 2.18. The van der Waals surface area contributed by atoms with Gasteiger partial charge >= 0.3 is 5.97 Å². The number of nitrogens with zero attached hydrogens (tertiary/aromatic N) is 1. The van der Waals surface area contributed by atoms with Crippen LogP contribution in [0.4, 0.5) is 5.69 Å². The number of carboxylic acid groups (broad SMARTS) is 1. The van der Waals surface area contributed by atoms with Crippen LogP contribution in [0.1, 0.15) is 18.1 Å². The van der Waals surface area contributed by atoms with Crippen LogP contribution in [0.15, 0.2) is 18.2 Å². The molecule has 0 aliphatic carbocycles. The zero-order valence-electron chi connectivity index (χ0n) is 7.96. The van der Waals surface area contributed by atoms with E-state index in [1.165, 1.54) is 12.1 Å². The summed E-state index contributed by atoms with van der Waals surface area (Å²) in [5, 5.41) is 28.4. The lowest BCUT2D eigenvalue weighted by molar-refractivity contribution is -0.384. The van der Waals surface area contributed by atoms with Crippen LogP contribution in [0.25, 0.3) is 0 Å². The molecular formula is C9H8ClNO5. The quantitative estimate of drug-likeness (QED) is 0.622. The Hall–Kier alpha value is -1.66. The number of rotatable bonds is 4. The summed E-state index contributed by atoms with van der Waals surface area (Å²) in [6, 6.07) is 3.67. The van der Waals surface area contributed by atoms with E-state index in [0.29, 0.717) is 0 Å². The van der Waals surface area contributed by atoms with Crippen molar-refractivity contribution in [3.8, 4) is 0 Å². The van der Waals surface area contributed by atoms with Crippen molar-refractivity contribution >= 4 is 23.3 Å². The summed E-state index contributed by atoms with van der Waals surface area (Å²) in [6.45, 7) is 0.